The number of ether oxygens (including phenoxy) is 1. The summed E-state index contributed by atoms with van der Waals surface area (Å²) in [4.78, 5) is 11.8. The van der Waals surface area contributed by atoms with Crippen LogP contribution in [0.15, 0.2) is 24.3 Å². The van der Waals surface area contributed by atoms with Crippen LogP contribution in [0, 0.1) is 0 Å². The van der Waals surface area contributed by atoms with E-state index in [1.165, 1.54) is 0 Å². The van der Waals surface area contributed by atoms with Crippen molar-refractivity contribution in [3.05, 3.63) is 24.3 Å². The fraction of sp³-hybridized carbons (Fsp3) is 0.533. The van der Waals surface area contributed by atoms with Crippen LogP contribution in [0.4, 0.5) is 5.69 Å². The van der Waals surface area contributed by atoms with Crippen molar-refractivity contribution in [1.29, 1.82) is 0 Å². The van der Waals surface area contributed by atoms with E-state index < -0.39 is 6.10 Å². The number of carbonyl (C=O) groups excluding carboxylic acids is 1. The lowest BCUT2D eigenvalue weighted by Gasteiger charge is -2.28. The number of rotatable bonds is 5. The van der Waals surface area contributed by atoms with Gasteiger partial charge >= 0.3 is 0 Å². The molecule has 5 heteroatoms. The van der Waals surface area contributed by atoms with Crippen molar-refractivity contribution in [3.63, 3.8) is 0 Å². The van der Waals surface area contributed by atoms with Gasteiger partial charge in [-0.3, -0.25) is 4.79 Å². The predicted octanol–water partition coefficient (Wildman–Crippen LogP) is 1.46. The van der Waals surface area contributed by atoms with E-state index >= 15 is 0 Å². The van der Waals surface area contributed by atoms with Gasteiger partial charge in [0.05, 0.1) is 30.9 Å². The van der Waals surface area contributed by atoms with Gasteiger partial charge < -0.3 is 20.9 Å². The van der Waals surface area contributed by atoms with Gasteiger partial charge in [0.15, 0.2) is 0 Å². The Bertz CT molecular complexity index is 450. The Kier molecular flexibility index (Phi) is 5.24. The fourth-order valence-corrected chi connectivity index (χ4v) is 2.42. The third kappa shape index (κ3) is 4.13. The highest BCUT2D eigenvalue weighted by Gasteiger charge is 2.24. The molecule has 1 saturated carbocycles. The van der Waals surface area contributed by atoms with E-state index in [0.717, 1.165) is 25.7 Å². The Balaban J connectivity index is 1.71. The number of nitrogens with one attached hydrogen (secondary N) is 1. The summed E-state index contributed by atoms with van der Waals surface area (Å²) < 4.78 is 5.48. The van der Waals surface area contributed by atoms with E-state index in [-0.39, 0.29) is 25.0 Å². The van der Waals surface area contributed by atoms with Gasteiger partial charge in [-0.05, 0) is 25.0 Å². The van der Waals surface area contributed by atoms with E-state index in [0.29, 0.717) is 11.4 Å². The second-order valence-electron chi connectivity index (χ2n) is 5.16. The molecule has 0 heterocycles. The minimum absolute atomic E-state index is 0.0922. The second-order valence-corrected chi connectivity index (χ2v) is 5.16. The molecule has 4 N–H and O–H groups in total. The molecule has 1 aliphatic carbocycles. The smallest absolute Gasteiger partial charge is 0.223 e. The van der Waals surface area contributed by atoms with Crippen molar-refractivity contribution in [1.82, 2.24) is 5.32 Å². The molecule has 5 nitrogen and oxygen atoms in total. The van der Waals surface area contributed by atoms with Crippen LogP contribution in [0.3, 0.4) is 0 Å². The quantitative estimate of drug-likeness (QED) is 0.712. The molecule has 2 atom stereocenters. The minimum Gasteiger partial charge on any atom is -0.491 e. The highest BCUT2D eigenvalue weighted by Crippen LogP contribution is 2.20. The maximum atomic E-state index is 11.8. The van der Waals surface area contributed by atoms with Gasteiger partial charge in [-0.25, -0.2) is 0 Å². The molecule has 1 aliphatic rings. The van der Waals surface area contributed by atoms with Gasteiger partial charge in [0.1, 0.15) is 5.75 Å². The summed E-state index contributed by atoms with van der Waals surface area (Å²) in [5.74, 6) is 0.503. The maximum Gasteiger partial charge on any atom is 0.223 e. The Morgan fingerprint density at radius 1 is 1.35 bits per heavy atom. The zero-order valence-corrected chi connectivity index (χ0v) is 11.5. The molecule has 110 valence electrons. The van der Waals surface area contributed by atoms with Crippen molar-refractivity contribution >= 4 is 11.6 Å². The van der Waals surface area contributed by atoms with Crippen molar-refractivity contribution in [3.8, 4) is 5.75 Å². The zero-order chi connectivity index (χ0) is 14.4. The van der Waals surface area contributed by atoms with E-state index in [1.54, 1.807) is 12.1 Å². The Labute approximate surface area is 119 Å². The number of aliphatic hydroxyl groups is 1. The summed E-state index contributed by atoms with van der Waals surface area (Å²) in [5.41, 5.74) is 6.31. The van der Waals surface area contributed by atoms with E-state index in [1.807, 2.05) is 12.1 Å². The largest absolute Gasteiger partial charge is 0.491 e. The highest BCUT2D eigenvalue weighted by molar-refractivity contribution is 5.76. The Hall–Kier alpha value is -1.75. The average Bonchev–Trinajstić information content (AvgIpc) is 2.43. The molecule has 1 aromatic carbocycles. The molecule has 0 saturated heterocycles. The maximum absolute atomic E-state index is 11.8. The summed E-state index contributed by atoms with van der Waals surface area (Å²) in [5, 5.41) is 12.7. The number of hydrogen-bond acceptors (Lipinski definition) is 4. The highest BCUT2D eigenvalue weighted by atomic mass is 16.5. The third-order valence-electron chi connectivity index (χ3n) is 3.58. The van der Waals surface area contributed by atoms with Crippen LogP contribution in [0.1, 0.15) is 32.1 Å². The van der Waals surface area contributed by atoms with Crippen LogP contribution in [0.25, 0.3) is 0 Å². The first kappa shape index (κ1) is 14.7. The molecular weight excluding hydrogens is 256 g/mol. The number of amides is 1. The zero-order valence-electron chi connectivity index (χ0n) is 11.5. The molecule has 0 unspecified atom stereocenters. The molecule has 20 heavy (non-hydrogen) atoms. The number of anilines is 1. The van der Waals surface area contributed by atoms with Gasteiger partial charge in [0.2, 0.25) is 5.91 Å². The van der Waals surface area contributed by atoms with Crippen LogP contribution in [-0.4, -0.2) is 29.8 Å². The summed E-state index contributed by atoms with van der Waals surface area (Å²) in [6, 6.07) is 7.09. The number of para-hydroxylation sites is 2. The molecular formula is C15H22N2O3. The van der Waals surface area contributed by atoms with Gasteiger partial charge in [-0.1, -0.05) is 25.0 Å². The molecule has 0 radical (unpaired) electrons. The Morgan fingerprint density at radius 2 is 2.10 bits per heavy atom. The first-order chi connectivity index (χ1) is 9.66. The Morgan fingerprint density at radius 3 is 2.85 bits per heavy atom. The van der Waals surface area contributed by atoms with Crippen LogP contribution in [0.2, 0.25) is 0 Å². The molecule has 2 rings (SSSR count). The number of benzene rings is 1. The van der Waals surface area contributed by atoms with E-state index in [9.17, 15) is 9.90 Å². The molecule has 1 amide bonds. The van der Waals surface area contributed by atoms with E-state index in [4.69, 9.17) is 10.5 Å². The lowest BCUT2D eigenvalue weighted by molar-refractivity contribution is -0.123. The summed E-state index contributed by atoms with van der Waals surface area (Å²) >= 11 is 0. The molecule has 0 bridgehead atoms. The summed E-state index contributed by atoms with van der Waals surface area (Å²) in [6.45, 7) is 0.281. The molecule has 1 fully saturated rings. The van der Waals surface area contributed by atoms with Crippen molar-refractivity contribution in [2.24, 2.45) is 0 Å². The lowest BCUT2D eigenvalue weighted by atomic mass is 9.92. The van der Waals surface area contributed by atoms with Crippen molar-refractivity contribution in [2.45, 2.75) is 44.2 Å². The average molecular weight is 278 g/mol. The number of hydrogen-bond donors (Lipinski definition) is 3. The molecule has 0 spiro atoms. The number of aliphatic hydroxyl groups excluding tert-OH is 1. The van der Waals surface area contributed by atoms with Crippen molar-refractivity contribution in [2.75, 3.05) is 12.3 Å². The molecule has 1 aromatic rings. The second kappa shape index (κ2) is 7.14. The SMILES string of the molecule is Nc1ccccc1OCCC(=O)N[C@@H]1CCCC[C@H]1O. The van der Waals surface area contributed by atoms with Crippen LogP contribution >= 0.6 is 0 Å². The van der Waals surface area contributed by atoms with Crippen LogP contribution < -0.4 is 15.8 Å². The lowest BCUT2D eigenvalue weighted by Crippen LogP contribution is -2.45. The first-order valence-electron chi connectivity index (χ1n) is 7.11. The van der Waals surface area contributed by atoms with Crippen LogP contribution in [0.5, 0.6) is 5.75 Å². The third-order valence-corrected chi connectivity index (χ3v) is 3.58. The topological polar surface area (TPSA) is 84.6 Å². The number of nitrogens with two attached hydrogens (primary N) is 1. The van der Waals surface area contributed by atoms with Gasteiger partial charge in [-0.15, -0.1) is 0 Å². The van der Waals surface area contributed by atoms with Crippen molar-refractivity contribution < 1.29 is 14.6 Å². The molecule has 0 aromatic heterocycles. The number of nitrogen functional groups attached to an aromatic ring is 1. The monoisotopic (exact) mass is 278 g/mol. The predicted molar refractivity (Wildman–Crippen MR) is 77.4 cm³/mol. The van der Waals surface area contributed by atoms with E-state index in [2.05, 4.69) is 5.32 Å². The fourth-order valence-electron chi connectivity index (χ4n) is 2.42. The molecule has 0 aliphatic heterocycles. The van der Waals surface area contributed by atoms with Gasteiger partial charge in [0.25, 0.3) is 0 Å². The van der Waals surface area contributed by atoms with Crippen LogP contribution in [-0.2, 0) is 4.79 Å². The standard InChI is InChI=1S/C15H22N2O3/c16-11-5-1-4-8-14(11)20-10-9-15(19)17-12-6-2-3-7-13(12)18/h1,4-5,8,12-13,18H,2-3,6-7,9-10,16H2,(H,17,19)/t12-,13-/m1/s1. The first-order valence-corrected chi connectivity index (χ1v) is 7.11. The van der Waals surface area contributed by atoms with Gasteiger partial charge in [0, 0.05) is 0 Å². The minimum atomic E-state index is -0.418. The van der Waals surface area contributed by atoms with Gasteiger partial charge in [-0.2, -0.15) is 0 Å². The summed E-state index contributed by atoms with van der Waals surface area (Å²) in [7, 11) is 0. The summed E-state index contributed by atoms with van der Waals surface area (Å²) in [6.07, 6.45) is 3.54. The normalized spacial score (nSPS) is 22.2. The number of carbonyl (C=O) groups is 1.